The van der Waals surface area contributed by atoms with Crippen LogP contribution >= 0.6 is 0 Å². The third-order valence-electron chi connectivity index (χ3n) is 5.21. The fourth-order valence-corrected chi connectivity index (χ4v) is 3.44. The maximum atomic E-state index is 10.8. The first-order valence-corrected chi connectivity index (χ1v) is 7.99. The Morgan fingerprint density at radius 2 is 2.05 bits per heavy atom. The van der Waals surface area contributed by atoms with Gasteiger partial charge >= 0.3 is 0 Å². The summed E-state index contributed by atoms with van der Waals surface area (Å²) in [7, 11) is 0. The monoisotopic (exact) mass is 302 g/mol. The molecule has 22 heavy (non-hydrogen) atoms. The number of aliphatic hydroxyl groups is 1. The second kappa shape index (κ2) is 7.23. The molecule has 1 fully saturated rings. The third-order valence-corrected chi connectivity index (χ3v) is 5.21. The Kier molecular flexibility index (Phi) is 6.13. The van der Waals surface area contributed by atoms with Gasteiger partial charge in [-0.2, -0.15) is 0 Å². The van der Waals surface area contributed by atoms with E-state index in [-0.39, 0.29) is 11.3 Å². The molecule has 1 rings (SSSR count). The molecule has 0 aliphatic heterocycles. The highest BCUT2D eigenvalue weighted by Gasteiger charge is 2.42. The van der Waals surface area contributed by atoms with Gasteiger partial charge in [-0.15, -0.1) is 6.58 Å². The van der Waals surface area contributed by atoms with Crippen LogP contribution in [0.4, 0.5) is 0 Å². The van der Waals surface area contributed by atoms with E-state index in [1.807, 2.05) is 13.0 Å². The largest absolute Gasteiger partial charge is 0.386 e. The van der Waals surface area contributed by atoms with Crippen molar-refractivity contribution in [2.45, 2.75) is 52.6 Å². The highest BCUT2D eigenvalue weighted by molar-refractivity contribution is 5.72. The van der Waals surface area contributed by atoms with Gasteiger partial charge in [-0.05, 0) is 62.9 Å². The SMILES string of the molecule is C=C[C@@]1(C)CC[C@H]([C@](C)(O)/C=C/C=C(\C)C=O)C[C@@H]1C(=C)C. The lowest BCUT2D eigenvalue weighted by Gasteiger charge is -2.46. The molecule has 4 atom stereocenters. The van der Waals surface area contributed by atoms with Gasteiger partial charge in [0, 0.05) is 0 Å². The van der Waals surface area contributed by atoms with E-state index in [2.05, 4.69) is 27.0 Å². The van der Waals surface area contributed by atoms with E-state index in [9.17, 15) is 9.90 Å². The predicted octanol–water partition coefficient (Wildman–Crippen LogP) is 4.62. The van der Waals surface area contributed by atoms with Crippen molar-refractivity contribution in [3.05, 3.63) is 48.6 Å². The quantitative estimate of drug-likeness (QED) is 0.336. The van der Waals surface area contributed by atoms with Gasteiger partial charge in [0.15, 0.2) is 0 Å². The molecule has 0 aromatic heterocycles. The highest BCUT2D eigenvalue weighted by Crippen LogP contribution is 2.49. The molecular formula is C20H30O2. The van der Waals surface area contributed by atoms with E-state index in [0.717, 1.165) is 31.1 Å². The van der Waals surface area contributed by atoms with Gasteiger partial charge in [-0.3, -0.25) is 4.79 Å². The molecule has 2 nitrogen and oxygen atoms in total. The van der Waals surface area contributed by atoms with Gasteiger partial charge in [0.05, 0.1) is 5.60 Å². The summed E-state index contributed by atoms with van der Waals surface area (Å²) < 4.78 is 0. The predicted molar refractivity (Wildman–Crippen MR) is 93.5 cm³/mol. The van der Waals surface area contributed by atoms with E-state index in [1.54, 1.807) is 25.2 Å². The van der Waals surface area contributed by atoms with Crippen LogP contribution in [-0.4, -0.2) is 17.0 Å². The Balaban J connectivity index is 2.91. The molecule has 0 unspecified atom stereocenters. The minimum absolute atomic E-state index is 0.0656. The lowest BCUT2D eigenvalue weighted by Crippen LogP contribution is -2.42. The minimum atomic E-state index is -0.879. The smallest absolute Gasteiger partial charge is 0.145 e. The molecule has 0 radical (unpaired) electrons. The number of hydrogen-bond acceptors (Lipinski definition) is 2. The summed E-state index contributed by atoms with van der Waals surface area (Å²) in [4.78, 5) is 10.6. The van der Waals surface area contributed by atoms with Crippen molar-refractivity contribution in [2.75, 3.05) is 0 Å². The van der Waals surface area contributed by atoms with E-state index in [1.165, 1.54) is 0 Å². The number of rotatable bonds is 6. The van der Waals surface area contributed by atoms with Crippen molar-refractivity contribution in [3.8, 4) is 0 Å². The number of carbonyl (C=O) groups is 1. The van der Waals surface area contributed by atoms with Crippen LogP contribution < -0.4 is 0 Å². The first-order chi connectivity index (χ1) is 10.2. The second-order valence-electron chi connectivity index (χ2n) is 7.19. The fourth-order valence-electron chi connectivity index (χ4n) is 3.44. The van der Waals surface area contributed by atoms with Gasteiger partial charge in [-0.1, -0.05) is 43.4 Å². The Bertz CT molecular complexity index is 496. The third kappa shape index (κ3) is 4.30. The van der Waals surface area contributed by atoms with Crippen molar-refractivity contribution in [1.29, 1.82) is 0 Å². The molecular weight excluding hydrogens is 272 g/mol. The average Bonchev–Trinajstić information content (AvgIpc) is 2.46. The van der Waals surface area contributed by atoms with Gasteiger partial charge in [0.1, 0.15) is 6.29 Å². The summed E-state index contributed by atoms with van der Waals surface area (Å²) in [5, 5.41) is 10.8. The van der Waals surface area contributed by atoms with Crippen LogP contribution in [0.2, 0.25) is 0 Å². The summed E-state index contributed by atoms with van der Waals surface area (Å²) in [5.74, 6) is 0.527. The zero-order valence-corrected chi connectivity index (χ0v) is 14.4. The van der Waals surface area contributed by atoms with E-state index >= 15 is 0 Å². The van der Waals surface area contributed by atoms with Crippen molar-refractivity contribution >= 4 is 6.29 Å². The lowest BCUT2D eigenvalue weighted by atomic mass is 9.59. The molecule has 122 valence electrons. The van der Waals surface area contributed by atoms with Crippen LogP contribution in [-0.2, 0) is 4.79 Å². The molecule has 1 N–H and O–H groups in total. The van der Waals surface area contributed by atoms with Crippen molar-refractivity contribution in [1.82, 2.24) is 0 Å². The molecule has 1 saturated carbocycles. The molecule has 0 spiro atoms. The minimum Gasteiger partial charge on any atom is -0.386 e. The molecule has 0 bridgehead atoms. The molecule has 1 aliphatic carbocycles. The maximum Gasteiger partial charge on any atom is 0.145 e. The van der Waals surface area contributed by atoms with Gasteiger partial charge < -0.3 is 5.11 Å². The summed E-state index contributed by atoms with van der Waals surface area (Å²) in [6.45, 7) is 16.0. The second-order valence-corrected chi connectivity index (χ2v) is 7.19. The van der Waals surface area contributed by atoms with Crippen LogP contribution in [0, 0.1) is 17.3 Å². The summed E-state index contributed by atoms with van der Waals surface area (Å²) in [6.07, 6.45) is 11.0. The molecule has 0 amide bonds. The van der Waals surface area contributed by atoms with Crippen LogP contribution in [0.1, 0.15) is 47.0 Å². The molecule has 2 heteroatoms. The number of aldehydes is 1. The average molecular weight is 302 g/mol. The van der Waals surface area contributed by atoms with E-state index in [0.29, 0.717) is 11.5 Å². The van der Waals surface area contributed by atoms with Gasteiger partial charge in [0.25, 0.3) is 0 Å². The molecule has 0 aromatic carbocycles. The normalized spacial score (nSPS) is 32.5. The Morgan fingerprint density at radius 1 is 1.41 bits per heavy atom. The summed E-state index contributed by atoms with van der Waals surface area (Å²) >= 11 is 0. The highest BCUT2D eigenvalue weighted by atomic mass is 16.3. The topological polar surface area (TPSA) is 37.3 Å². The van der Waals surface area contributed by atoms with Crippen molar-refractivity contribution in [3.63, 3.8) is 0 Å². The van der Waals surface area contributed by atoms with Gasteiger partial charge in [0.2, 0.25) is 0 Å². The molecule has 0 aromatic rings. The number of carbonyl (C=O) groups excluding carboxylic acids is 1. The first-order valence-electron chi connectivity index (χ1n) is 7.99. The first kappa shape index (κ1) is 18.6. The van der Waals surface area contributed by atoms with Crippen LogP contribution in [0.25, 0.3) is 0 Å². The Labute approximate surface area is 135 Å². The molecule has 0 heterocycles. The Morgan fingerprint density at radius 3 is 2.55 bits per heavy atom. The van der Waals surface area contributed by atoms with E-state index < -0.39 is 5.60 Å². The van der Waals surface area contributed by atoms with Crippen molar-refractivity contribution < 1.29 is 9.90 Å². The van der Waals surface area contributed by atoms with Crippen LogP contribution in [0.3, 0.4) is 0 Å². The zero-order chi connectivity index (χ0) is 17.0. The number of hydrogen-bond donors (Lipinski definition) is 1. The number of allylic oxidation sites excluding steroid dienone is 5. The molecule has 0 saturated heterocycles. The maximum absolute atomic E-state index is 10.8. The van der Waals surface area contributed by atoms with Crippen molar-refractivity contribution in [2.24, 2.45) is 17.3 Å². The standard InChI is InChI=1S/C20H30O2/c1-7-19(5)12-10-17(13-18(19)15(2)3)20(6,22)11-8-9-16(4)14-21/h7-9,11,14,17-18,22H,1-2,10,12-13H2,3-6H3/b11-8+,16-9+/t17-,18+,19-,20+/m0/s1. The lowest BCUT2D eigenvalue weighted by molar-refractivity contribution is -0.104. The fraction of sp³-hybridized carbons (Fsp3) is 0.550. The zero-order valence-electron chi connectivity index (χ0n) is 14.4. The summed E-state index contributed by atoms with van der Waals surface area (Å²) in [6, 6.07) is 0. The van der Waals surface area contributed by atoms with Crippen LogP contribution in [0.15, 0.2) is 48.6 Å². The van der Waals surface area contributed by atoms with Gasteiger partial charge in [-0.25, -0.2) is 0 Å². The van der Waals surface area contributed by atoms with Crippen LogP contribution in [0.5, 0.6) is 0 Å². The Hall–Kier alpha value is -1.41. The molecule has 1 aliphatic rings. The summed E-state index contributed by atoms with van der Waals surface area (Å²) in [5.41, 5.74) is 0.991. The van der Waals surface area contributed by atoms with E-state index in [4.69, 9.17) is 0 Å².